The number of nitrogens with zero attached hydrogens (tertiary/aromatic N) is 2. The van der Waals surface area contributed by atoms with Crippen molar-refractivity contribution in [1.29, 1.82) is 0 Å². The van der Waals surface area contributed by atoms with Crippen molar-refractivity contribution in [2.45, 2.75) is 45.7 Å². The van der Waals surface area contributed by atoms with Crippen molar-refractivity contribution in [3.8, 4) is 5.75 Å². The number of ether oxygens (including phenoxy) is 1. The van der Waals surface area contributed by atoms with Gasteiger partial charge < -0.3 is 15.0 Å². The molecule has 0 saturated carbocycles. The molecule has 0 radical (unpaired) electrons. The summed E-state index contributed by atoms with van der Waals surface area (Å²) in [4.78, 5) is 29.3. The maximum absolute atomic E-state index is 14.2. The van der Waals surface area contributed by atoms with E-state index in [4.69, 9.17) is 27.9 Å². The molecule has 226 valence electrons. The topological polar surface area (TPSA) is 96.0 Å². The van der Waals surface area contributed by atoms with Crippen LogP contribution in [-0.2, 0) is 32.6 Å². The maximum atomic E-state index is 14.2. The van der Waals surface area contributed by atoms with E-state index in [2.05, 4.69) is 5.32 Å². The van der Waals surface area contributed by atoms with Crippen molar-refractivity contribution in [3.63, 3.8) is 0 Å². The predicted octanol–water partition coefficient (Wildman–Crippen LogP) is 5.71. The summed E-state index contributed by atoms with van der Waals surface area (Å²) < 4.78 is 32.8. The molecule has 0 aliphatic heterocycles. The summed E-state index contributed by atoms with van der Waals surface area (Å²) in [5, 5.41) is 3.60. The van der Waals surface area contributed by atoms with Gasteiger partial charge in [0.1, 0.15) is 18.3 Å². The molecule has 0 heterocycles. The van der Waals surface area contributed by atoms with E-state index in [1.807, 2.05) is 37.3 Å². The van der Waals surface area contributed by atoms with Gasteiger partial charge in [-0.25, -0.2) is 8.42 Å². The zero-order chi connectivity index (χ0) is 30.7. The molecule has 0 bridgehead atoms. The molecule has 3 aromatic rings. The molecule has 0 aliphatic rings. The van der Waals surface area contributed by atoms with Crippen LogP contribution >= 0.6 is 23.2 Å². The van der Waals surface area contributed by atoms with E-state index in [0.717, 1.165) is 29.0 Å². The van der Waals surface area contributed by atoms with E-state index in [-0.39, 0.29) is 24.6 Å². The zero-order valence-corrected chi connectivity index (χ0v) is 26.4. The third-order valence-corrected chi connectivity index (χ3v) is 8.44. The molecule has 0 aliphatic carbocycles. The van der Waals surface area contributed by atoms with Crippen molar-refractivity contribution >= 4 is 50.7 Å². The van der Waals surface area contributed by atoms with Crippen molar-refractivity contribution in [2.75, 3.05) is 30.3 Å². The lowest BCUT2D eigenvalue weighted by atomic mass is 10.0. The van der Waals surface area contributed by atoms with Gasteiger partial charge in [-0.2, -0.15) is 0 Å². The summed E-state index contributed by atoms with van der Waals surface area (Å²) in [6.07, 6.45) is 2.87. The van der Waals surface area contributed by atoms with Crippen molar-refractivity contribution in [3.05, 3.63) is 94.0 Å². The molecule has 42 heavy (non-hydrogen) atoms. The predicted molar refractivity (Wildman–Crippen MR) is 169 cm³/mol. The number of hydrogen-bond donors (Lipinski definition) is 1. The Kier molecular flexibility index (Phi) is 12.5. The van der Waals surface area contributed by atoms with Crippen LogP contribution in [0.5, 0.6) is 5.75 Å². The smallest absolute Gasteiger partial charge is 0.244 e. The highest BCUT2D eigenvalue weighted by molar-refractivity contribution is 7.92. The van der Waals surface area contributed by atoms with Gasteiger partial charge in [0.25, 0.3) is 0 Å². The van der Waals surface area contributed by atoms with Crippen molar-refractivity contribution in [1.82, 2.24) is 10.2 Å². The number of halogens is 2. The van der Waals surface area contributed by atoms with Crippen LogP contribution in [0.2, 0.25) is 10.0 Å². The highest BCUT2D eigenvalue weighted by Gasteiger charge is 2.34. The molecule has 2 amide bonds. The van der Waals surface area contributed by atoms with Crippen LogP contribution in [-0.4, -0.2) is 57.1 Å². The van der Waals surface area contributed by atoms with Crippen LogP contribution in [0.1, 0.15) is 37.8 Å². The quantitative estimate of drug-likeness (QED) is 0.216. The Morgan fingerprint density at radius 1 is 0.929 bits per heavy atom. The lowest BCUT2D eigenvalue weighted by Crippen LogP contribution is -2.53. The molecule has 0 saturated heterocycles. The van der Waals surface area contributed by atoms with Crippen LogP contribution in [0.25, 0.3) is 0 Å². The Morgan fingerprint density at radius 3 is 2.19 bits per heavy atom. The number of anilines is 1. The number of amides is 2. The molecular formula is C31H37Cl2N3O5S. The van der Waals surface area contributed by atoms with E-state index in [0.29, 0.717) is 34.5 Å². The Labute approximate surface area is 258 Å². The van der Waals surface area contributed by atoms with Crippen LogP contribution < -0.4 is 14.4 Å². The Hall–Kier alpha value is -3.27. The molecule has 3 rings (SSSR count). The molecule has 3 aromatic carbocycles. The third-order valence-electron chi connectivity index (χ3n) is 6.60. The Balaban J connectivity index is 2.10. The summed E-state index contributed by atoms with van der Waals surface area (Å²) in [6, 6.07) is 19.9. The van der Waals surface area contributed by atoms with Gasteiger partial charge >= 0.3 is 0 Å². The van der Waals surface area contributed by atoms with Gasteiger partial charge in [0.15, 0.2) is 0 Å². The van der Waals surface area contributed by atoms with Gasteiger partial charge in [0.05, 0.1) is 18.6 Å². The summed E-state index contributed by atoms with van der Waals surface area (Å²) in [5.41, 5.74) is 1.50. The second-order valence-electron chi connectivity index (χ2n) is 9.74. The fourth-order valence-electron chi connectivity index (χ4n) is 4.45. The SMILES string of the molecule is CCCCNC(=O)[C@H](Cc1ccccc1)N(Cc1c(Cl)cccc1Cl)C(=O)CN(c1ccccc1OCC)S(C)(=O)=O. The Morgan fingerprint density at radius 2 is 1.57 bits per heavy atom. The molecule has 11 heteroatoms. The third kappa shape index (κ3) is 9.11. The highest BCUT2D eigenvalue weighted by atomic mass is 35.5. The van der Waals surface area contributed by atoms with Crippen molar-refractivity contribution < 1.29 is 22.7 Å². The largest absolute Gasteiger partial charge is 0.492 e. The normalized spacial score (nSPS) is 11.9. The Bertz CT molecular complexity index is 1430. The highest BCUT2D eigenvalue weighted by Crippen LogP contribution is 2.31. The molecule has 0 unspecified atom stereocenters. The number of rotatable bonds is 15. The number of hydrogen-bond acceptors (Lipinski definition) is 5. The van der Waals surface area contributed by atoms with Gasteiger partial charge in [-0.3, -0.25) is 13.9 Å². The van der Waals surface area contributed by atoms with E-state index >= 15 is 0 Å². The molecule has 1 atom stereocenters. The minimum Gasteiger partial charge on any atom is -0.492 e. The number of unbranched alkanes of at least 4 members (excludes halogenated alkanes) is 1. The minimum absolute atomic E-state index is 0.110. The average molecular weight is 635 g/mol. The van der Waals surface area contributed by atoms with E-state index < -0.39 is 28.5 Å². The zero-order valence-electron chi connectivity index (χ0n) is 24.1. The monoisotopic (exact) mass is 633 g/mol. The number of sulfonamides is 1. The second-order valence-corrected chi connectivity index (χ2v) is 12.5. The molecule has 0 aromatic heterocycles. The van der Waals surface area contributed by atoms with Gasteiger partial charge in [-0.05, 0) is 43.2 Å². The van der Waals surface area contributed by atoms with E-state index in [1.54, 1.807) is 49.4 Å². The standard InChI is InChI=1S/C31H37Cl2N3O5S/c1-4-6-19-34-31(38)28(20-23-13-8-7-9-14-23)35(21-24-25(32)15-12-16-26(24)33)30(37)22-36(42(3,39)40)27-17-10-11-18-29(27)41-5-2/h7-18,28H,4-6,19-22H2,1-3H3,(H,34,38)/t28-/m0/s1. The summed E-state index contributed by atoms with van der Waals surface area (Å²) in [7, 11) is -3.95. The fourth-order valence-corrected chi connectivity index (χ4v) is 5.82. The number of nitrogens with one attached hydrogen (secondary N) is 1. The fraction of sp³-hybridized carbons (Fsp3) is 0.355. The molecule has 1 N–H and O–H groups in total. The second kappa shape index (κ2) is 15.8. The first-order valence-corrected chi connectivity index (χ1v) is 16.4. The van der Waals surface area contributed by atoms with Crippen LogP contribution in [0.4, 0.5) is 5.69 Å². The number of benzene rings is 3. The average Bonchev–Trinajstić information content (AvgIpc) is 2.95. The van der Waals surface area contributed by atoms with Gasteiger partial charge in [-0.1, -0.05) is 85.1 Å². The molecular weight excluding hydrogens is 597 g/mol. The van der Waals surface area contributed by atoms with Gasteiger partial charge in [0, 0.05) is 35.1 Å². The first-order valence-electron chi connectivity index (χ1n) is 13.8. The first-order chi connectivity index (χ1) is 20.1. The van der Waals surface area contributed by atoms with E-state index in [9.17, 15) is 18.0 Å². The minimum atomic E-state index is -3.95. The van der Waals surface area contributed by atoms with Crippen LogP contribution in [0.15, 0.2) is 72.8 Å². The number of para-hydroxylation sites is 2. The van der Waals surface area contributed by atoms with Crippen LogP contribution in [0, 0.1) is 0 Å². The lowest BCUT2D eigenvalue weighted by molar-refractivity contribution is -0.140. The number of carbonyl (C=O) groups is 2. The summed E-state index contributed by atoms with van der Waals surface area (Å²) in [5.74, 6) is -0.643. The van der Waals surface area contributed by atoms with Crippen molar-refractivity contribution in [2.24, 2.45) is 0 Å². The van der Waals surface area contributed by atoms with E-state index in [1.165, 1.54) is 4.90 Å². The maximum Gasteiger partial charge on any atom is 0.244 e. The molecule has 0 spiro atoms. The lowest BCUT2D eigenvalue weighted by Gasteiger charge is -2.34. The summed E-state index contributed by atoms with van der Waals surface area (Å²) in [6.45, 7) is 3.86. The first kappa shape index (κ1) is 33.2. The van der Waals surface area contributed by atoms with Crippen LogP contribution in [0.3, 0.4) is 0 Å². The summed E-state index contributed by atoms with van der Waals surface area (Å²) >= 11 is 13.0. The molecule has 8 nitrogen and oxygen atoms in total. The molecule has 0 fully saturated rings. The van der Waals surface area contributed by atoms with Gasteiger partial charge in [-0.15, -0.1) is 0 Å². The van der Waals surface area contributed by atoms with Gasteiger partial charge in [0.2, 0.25) is 21.8 Å². The number of carbonyl (C=O) groups excluding carboxylic acids is 2.